The van der Waals surface area contributed by atoms with E-state index < -0.39 is 30.4 Å². The maximum absolute atomic E-state index is 13.1. The molecule has 0 aromatic heterocycles. The van der Waals surface area contributed by atoms with Crippen LogP contribution in [0.25, 0.3) is 11.1 Å². The Morgan fingerprint density at radius 1 is 0.925 bits per heavy atom. The molecule has 2 aromatic carbocycles. The number of hydrogen-bond acceptors (Lipinski definition) is 5. The number of rotatable bonds is 10. The van der Waals surface area contributed by atoms with Crippen LogP contribution in [-0.2, 0) is 14.4 Å². The normalized spacial score (nSPS) is 18.2. The Balaban J connectivity index is 0.00000441. The van der Waals surface area contributed by atoms with E-state index in [1.54, 1.807) is 17.0 Å². The number of likely N-dealkylation sites (tertiary alicyclic amines) is 1. The highest BCUT2D eigenvalue weighted by molar-refractivity contribution is 5.95. The predicted octanol–water partition coefficient (Wildman–Crippen LogP) is 3.44. The lowest BCUT2D eigenvalue weighted by Gasteiger charge is -2.33. The van der Waals surface area contributed by atoms with E-state index in [2.05, 4.69) is 16.0 Å². The SMILES string of the molecule is Cl.O=C(O)C[C@H](NC(=O)c1ccc(-c2ccccc2)cc1)NC(=O)[C@@H]1CCCN(C(=O)CCC2CCNCC2)C1. The Kier molecular flexibility index (Phi) is 12.0. The fourth-order valence-corrected chi connectivity index (χ4v) is 5.36. The van der Waals surface area contributed by atoms with Gasteiger partial charge in [0, 0.05) is 25.1 Å². The second kappa shape index (κ2) is 15.4. The molecule has 2 saturated heterocycles. The fraction of sp³-hybridized carbons (Fsp3) is 0.467. The molecule has 2 aliphatic heterocycles. The summed E-state index contributed by atoms with van der Waals surface area (Å²) in [4.78, 5) is 52.0. The smallest absolute Gasteiger partial charge is 0.307 e. The number of aliphatic carboxylic acids is 1. The molecule has 0 radical (unpaired) electrons. The van der Waals surface area contributed by atoms with Gasteiger partial charge in [0.15, 0.2) is 0 Å². The summed E-state index contributed by atoms with van der Waals surface area (Å²) in [5.41, 5.74) is 2.34. The highest BCUT2D eigenvalue weighted by atomic mass is 35.5. The van der Waals surface area contributed by atoms with E-state index in [4.69, 9.17) is 0 Å². The molecule has 4 N–H and O–H groups in total. The molecule has 10 heteroatoms. The second-order valence-electron chi connectivity index (χ2n) is 10.5. The lowest BCUT2D eigenvalue weighted by Crippen LogP contribution is -2.53. The molecule has 0 saturated carbocycles. The van der Waals surface area contributed by atoms with Crippen molar-refractivity contribution >= 4 is 36.1 Å². The minimum Gasteiger partial charge on any atom is -0.481 e. The molecule has 0 unspecified atom stereocenters. The van der Waals surface area contributed by atoms with Gasteiger partial charge in [-0.2, -0.15) is 0 Å². The number of carboxylic acids is 1. The zero-order valence-corrected chi connectivity index (χ0v) is 23.5. The number of nitrogens with one attached hydrogen (secondary N) is 3. The van der Waals surface area contributed by atoms with E-state index in [-0.39, 0.29) is 24.2 Å². The highest BCUT2D eigenvalue weighted by Gasteiger charge is 2.30. The molecule has 2 heterocycles. The number of piperidine rings is 2. The third-order valence-corrected chi connectivity index (χ3v) is 7.62. The molecule has 0 spiro atoms. The maximum Gasteiger partial charge on any atom is 0.307 e. The van der Waals surface area contributed by atoms with Gasteiger partial charge in [0.1, 0.15) is 6.17 Å². The molecule has 9 nitrogen and oxygen atoms in total. The van der Waals surface area contributed by atoms with Crippen molar-refractivity contribution in [2.24, 2.45) is 11.8 Å². The molecule has 3 amide bonds. The Morgan fingerprint density at radius 3 is 2.27 bits per heavy atom. The standard InChI is InChI=1S/C30H38N4O5.ClH/c35-27(13-8-21-14-16-31-17-15-21)34-18-4-7-25(20-34)30(39)33-26(19-28(36)37)32-29(38)24-11-9-23(10-12-24)22-5-2-1-3-6-22;/h1-3,5-6,9-12,21,25-26,31H,4,7-8,13-20H2,(H,32,38)(H,33,39)(H,36,37);1H/t25-,26-;/m1./s1. The van der Waals surface area contributed by atoms with Crippen LogP contribution in [0.3, 0.4) is 0 Å². The molecule has 4 rings (SSSR count). The van der Waals surface area contributed by atoms with Gasteiger partial charge < -0.3 is 26.0 Å². The van der Waals surface area contributed by atoms with Gasteiger partial charge in [0.25, 0.3) is 5.91 Å². The molecular formula is C30H39ClN4O5. The van der Waals surface area contributed by atoms with Crippen LogP contribution < -0.4 is 16.0 Å². The van der Waals surface area contributed by atoms with E-state index in [1.807, 2.05) is 42.5 Å². The van der Waals surface area contributed by atoms with Gasteiger partial charge in [-0.15, -0.1) is 12.4 Å². The van der Waals surface area contributed by atoms with Gasteiger partial charge >= 0.3 is 5.97 Å². The summed E-state index contributed by atoms with van der Waals surface area (Å²) < 4.78 is 0. The molecule has 0 bridgehead atoms. The summed E-state index contributed by atoms with van der Waals surface area (Å²) in [5.74, 6) is -1.77. The average molecular weight is 571 g/mol. The zero-order chi connectivity index (χ0) is 27.6. The van der Waals surface area contributed by atoms with E-state index in [1.165, 1.54) is 0 Å². The van der Waals surface area contributed by atoms with E-state index >= 15 is 0 Å². The number of carbonyl (C=O) groups excluding carboxylic acids is 3. The fourth-order valence-electron chi connectivity index (χ4n) is 5.36. The molecule has 0 aliphatic carbocycles. The quantitative estimate of drug-likeness (QED) is 0.324. The summed E-state index contributed by atoms with van der Waals surface area (Å²) in [6.07, 6.45) is 3.33. The van der Waals surface area contributed by atoms with Gasteiger partial charge in [-0.1, -0.05) is 42.5 Å². The summed E-state index contributed by atoms with van der Waals surface area (Å²) in [7, 11) is 0. The minimum absolute atomic E-state index is 0. The summed E-state index contributed by atoms with van der Waals surface area (Å²) in [6, 6.07) is 16.8. The lowest BCUT2D eigenvalue weighted by molar-refractivity contribution is -0.138. The van der Waals surface area contributed by atoms with E-state index in [0.29, 0.717) is 43.8 Å². The predicted molar refractivity (Wildman–Crippen MR) is 155 cm³/mol. The molecule has 2 atom stereocenters. The van der Waals surface area contributed by atoms with Crippen molar-refractivity contribution in [2.75, 3.05) is 26.2 Å². The van der Waals surface area contributed by atoms with Crippen LogP contribution in [0.5, 0.6) is 0 Å². The topological polar surface area (TPSA) is 128 Å². The van der Waals surface area contributed by atoms with Crippen molar-refractivity contribution < 1.29 is 24.3 Å². The summed E-state index contributed by atoms with van der Waals surface area (Å²) in [5, 5.41) is 18.1. The first-order valence-corrected chi connectivity index (χ1v) is 13.9. The van der Waals surface area contributed by atoms with Crippen LogP contribution in [0.1, 0.15) is 55.3 Å². The third-order valence-electron chi connectivity index (χ3n) is 7.62. The Morgan fingerprint density at radius 2 is 1.60 bits per heavy atom. The second-order valence-corrected chi connectivity index (χ2v) is 10.5. The van der Waals surface area contributed by atoms with E-state index in [9.17, 15) is 24.3 Å². The zero-order valence-electron chi connectivity index (χ0n) is 22.6. The number of benzene rings is 2. The van der Waals surface area contributed by atoms with Crippen molar-refractivity contribution in [1.29, 1.82) is 0 Å². The highest BCUT2D eigenvalue weighted by Crippen LogP contribution is 2.22. The number of carboxylic acid groups (broad SMARTS) is 1. The van der Waals surface area contributed by atoms with Crippen LogP contribution >= 0.6 is 12.4 Å². The van der Waals surface area contributed by atoms with E-state index in [0.717, 1.165) is 43.5 Å². The van der Waals surface area contributed by atoms with Crippen molar-refractivity contribution in [2.45, 2.75) is 51.1 Å². The molecule has 216 valence electrons. The minimum atomic E-state index is -1.14. The Bertz CT molecular complexity index is 1140. The van der Waals surface area contributed by atoms with Crippen LogP contribution in [0.2, 0.25) is 0 Å². The molecule has 2 aromatic rings. The number of hydrogen-bond donors (Lipinski definition) is 4. The Hall–Kier alpha value is -3.43. The van der Waals surface area contributed by atoms with Crippen LogP contribution in [0.15, 0.2) is 54.6 Å². The van der Waals surface area contributed by atoms with Crippen LogP contribution in [0.4, 0.5) is 0 Å². The first kappa shape index (κ1) is 31.1. The monoisotopic (exact) mass is 570 g/mol. The largest absolute Gasteiger partial charge is 0.481 e. The maximum atomic E-state index is 13.1. The van der Waals surface area contributed by atoms with Gasteiger partial charge in [-0.25, -0.2) is 0 Å². The first-order valence-electron chi connectivity index (χ1n) is 13.9. The molecule has 2 aliphatic rings. The number of nitrogens with zero attached hydrogens (tertiary/aromatic N) is 1. The van der Waals surface area contributed by atoms with Crippen molar-refractivity contribution in [3.63, 3.8) is 0 Å². The summed E-state index contributed by atoms with van der Waals surface area (Å²) >= 11 is 0. The molecular weight excluding hydrogens is 532 g/mol. The van der Waals surface area contributed by atoms with Gasteiger partial charge in [0.05, 0.1) is 12.3 Å². The van der Waals surface area contributed by atoms with Crippen LogP contribution in [0, 0.1) is 11.8 Å². The molecule has 40 heavy (non-hydrogen) atoms. The van der Waals surface area contributed by atoms with Crippen molar-refractivity contribution in [1.82, 2.24) is 20.9 Å². The number of amides is 3. The number of carbonyl (C=O) groups is 4. The third kappa shape index (κ3) is 9.06. The van der Waals surface area contributed by atoms with Gasteiger partial charge in [-0.05, 0) is 74.4 Å². The van der Waals surface area contributed by atoms with Gasteiger partial charge in [0.2, 0.25) is 11.8 Å². The summed E-state index contributed by atoms with van der Waals surface area (Å²) in [6.45, 7) is 2.93. The van der Waals surface area contributed by atoms with Gasteiger partial charge in [-0.3, -0.25) is 19.2 Å². The van der Waals surface area contributed by atoms with Crippen LogP contribution in [-0.4, -0.2) is 66.0 Å². The lowest BCUT2D eigenvalue weighted by atomic mass is 9.92. The molecule has 2 fully saturated rings. The number of halogens is 1. The van der Waals surface area contributed by atoms with Crippen molar-refractivity contribution in [3.8, 4) is 11.1 Å². The Labute approximate surface area is 241 Å². The van der Waals surface area contributed by atoms with Crippen molar-refractivity contribution in [3.05, 3.63) is 60.2 Å². The first-order chi connectivity index (χ1) is 18.9. The average Bonchev–Trinajstić information content (AvgIpc) is 2.96.